The maximum atomic E-state index is 12.6. The van der Waals surface area contributed by atoms with Crippen molar-refractivity contribution in [2.24, 2.45) is 0 Å². The number of rotatable bonds is 2. The van der Waals surface area contributed by atoms with Crippen LogP contribution in [0.4, 0.5) is 18.9 Å². The standard InChI is InChI=1S/C10H10F3NO2/c1-2-16-9(15)7-4-3-6(14)5-8(7)10(11,12)13/h3-5H,2,14H2,1H3. The van der Waals surface area contributed by atoms with Crippen molar-refractivity contribution >= 4 is 11.7 Å². The molecule has 0 atom stereocenters. The van der Waals surface area contributed by atoms with E-state index in [1.165, 1.54) is 13.0 Å². The highest BCUT2D eigenvalue weighted by molar-refractivity contribution is 5.91. The third-order valence-corrected chi connectivity index (χ3v) is 1.84. The first-order valence-corrected chi connectivity index (χ1v) is 4.50. The first kappa shape index (κ1) is 12.4. The van der Waals surface area contributed by atoms with Crippen LogP contribution in [0.3, 0.4) is 0 Å². The van der Waals surface area contributed by atoms with Gasteiger partial charge in [0.1, 0.15) is 0 Å². The molecule has 0 aromatic heterocycles. The molecule has 0 spiro atoms. The molecule has 0 aliphatic carbocycles. The molecule has 0 unspecified atom stereocenters. The molecule has 1 rings (SSSR count). The Morgan fingerprint density at radius 1 is 1.44 bits per heavy atom. The van der Waals surface area contributed by atoms with Crippen LogP contribution in [-0.4, -0.2) is 12.6 Å². The molecular weight excluding hydrogens is 223 g/mol. The van der Waals surface area contributed by atoms with E-state index in [1.54, 1.807) is 0 Å². The third-order valence-electron chi connectivity index (χ3n) is 1.84. The number of esters is 1. The molecule has 0 saturated carbocycles. The molecule has 1 aromatic rings. The number of nitrogens with two attached hydrogens (primary N) is 1. The predicted octanol–water partition coefficient (Wildman–Crippen LogP) is 2.46. The van der Waals surface area contributed by atoms with Crippen molar-refractivity contribution in [2.45, 2.75) is 13.1 Å². The molecule has 2 N–H and O–H groups in total. The van der Waals surface area contributed by atoms with E-state index >= 15 is 0 Å². The van der Waals surface area contributed by atoms with E-state index < -0.39 is 23.3 Å². The highest BCUT2D eigenvalue weighted by Crippen LogP contribution is 2.33. The molecule has 16 heavy (non-hydrogen) atoms. The van der Waals surface area contributed by atoms with Gasteiger partial charge in [-0.05, 0) is 25.1 Å². The molecule has 1 aromatic carbocycles. The van der Waals surface area contributed by atoms with Gasteiger partial charge in [-0.3, -0.25) is 0 Å². The fourth-order valence-electron chi connectivity index (χ4n) is 1.18. The summed E-state index contributed by atoms with van der Waals surface area (Å²) in [5.74, 6) is -1.00. The quantitative estimate of drug-likeness (QED) is 0.630. The maximum Gasteiger partial charge on any atom is 0.417 e. The van der Waals surface area contributed by atoms with Crippen molar-refractivity contribution in [3.05, 3.63) is 29.3 Å². The third kappa shape index (κ3) is 2.65. The van der Waals surface area contributed by atoms with Crippen LogP contribution >= 0.6 is 0 Å². The Morgan fingerprint density at radius 3 is 2.56 bits per heavy atom. The van der Waals surface area contributed by atoms with Crippen LogP contribution < -0.4 is 5.73 Å². The summed E-state index contributed by atoms with van der Waals surface area (Å²) >= 11 is 0. The number of anilines is 1. The summed E-state index contributed by atoms with van der Waals surface area (Å²) in [4.78, 5) is 11.3. The van der Waals surface area contributed by atoms with Crippen molar-refractivity contribution in [1.82, 2.24) is 0 Å². The zero-order chi connectivity index (χ0) is 12.3. The highest BCUT2D eigenvalue weighted by Gasteiger charge is 2.35. The number of carbonyl (C=O) groups is 1. The monoisotopic (exact) mass is 233 g/mol. The number of ether oxygens (including phenoxy) is 1. The topological polar surface area (TPSA) is 52.3 Å². The Morgan fingerprint density at radius 2 is 2.06 bits per heavy atom. The number of hydrogen-bond donors (Lipinski definition) is 1. The van der Waals surface area contributed by atoms with Crippen molar-refractivity contribution in [3.63, 3.8) is 0 Å². The molecule has 88 valence electrons. The van der Waals surface area contributed by atoms with Gasteiger partial charge < -0.3 is 10.5 Å². The SMILES string of the molecule is CCOC(=O)c1ccc(N)cc1C(F)(F)F. The first-order chi connectivity index (χ1) is 7.36. The Labute approximate surface area is 90.0 Å². The second kappa shape index (κ2) is 4.42. The van der Waals surface area contributed by atoms with Crippen molar-refractivity contribution in [3.8, 4) is 0 Å². The van der Waals surface area contributed by atoms with Gasteiger partial charge in [-0.1, -0.05) is 0 Å². The second-order valence-electron chi connectivity index (χ2n) is 3.02. The summed E-state index contributed by atoms with van der Waals surface area (Å²) in [7, 11) is 0. The van der Waals surface area contributed by atoms with Gasteiger partial charge in [0.2, 0.25) is 0 Å². The highest BCUT2D eigenvalue weighted by atomic mass is 19.4. The van der Waals surface area contributed by atoms with Gasteiger partial charge in [0, 0.05) is 5.69 Å². The zero-order valence-corrected chi connectivity index (χ0v) is 8.47. The largest absolute Gasteiger partial charge is 0.462 e. The number of halogens is 3. The molecule has 0 fully saturated rings. The van der Waals surface area contributed by atoms with Crippen LogP contribution in [0.25, 0.3) is 0 Å². The van der Waals surface area contributed by atoms with E-state index in [1.807, 2.05) is 0 Å². The smallest absolute Gasteiger partial charge is 0.417 e. The lowest BCUT2D eigenvalue weighted by atomic mass is 10.1. The second-order valence-corrected chi connectivity index (χ2v) is 3.02. The molecular formula is C10H10F3NO2. The summed E-state index contributed by atoms with van der Waals surface area (Å²) in [6.07, 6.45) is -4.63. The molecule has 0 aliphatic heterocycles. The van der Waals surface area contributed by atoms with E-state index in [2.05, 4.69) is 4.74 Å². The molecule has 3 nitrogen and oxygen atoms in total. The fraction of sp³-hybridized carbons (Fsp3) is 0.300. The van der Waals surface area contributed by atoms with E-state index in [-0.39, 0.29) is 12.3 Å². The maximum absolute atomic E-state index is 12.6. The molecule has 0 aliphatic rings. The summed E-state index contributed by atoms with van der Waals surface area (Å²) in [6, 6.07) is 2.95. The summed E-state index contributed by atoms with van der Waals surface area (Å²) < 4.78 is 42.2. The number of carbonyl (C=O) groups excluding carboxylic acids is 1. The van der Waals surface area contributed by atoms with Crippen LogP contribution in [0.1, 0.15) is 22.8 Å². The van der Waals surface area contributed by atoms with Gasteiger partial charge in [-0.2, -0.15) is 13.2 Å². The Bertz CT molecular complexity index is 402. The van der Waals surface area contributed by atoms with Crippen molar-refractivity contribution in [2.75, 3.05) is 12.3 Å². The van der Waals surface area contributed by atoms with Crippen LogP contribution in [0.2, 0.25) is 0 Å². The van der Waals surface area contributed by atoms with E-state index in [9.17, 15) is 18.0 Å². The van der Waals surface area contributed by atoms with E-state index in [0.29, 0.717) is 6.07 Å². The van der Waals surface area contributed by atoms with Crippen molar-refractivity contribution in [1.29, 1.82) is 0 Å². The van der Waals surface area contributed by atoms with Gasteiger partial charge in [0.05, 0.1) is 17.7 Å². The average Bonchev–Trinajstić information content (AvgIpc) is 2.16. The molecule has 6 heteroatoms. The lowest BCUT2D eigenvalue weighted by molar-refractivity contribution is -0.138. The fourth-order valence-corrected chi connectivity index (χ4v) is 1.18. The van der Waals surface area contributed by atoms with Gasteiger partial charge >= 0.3 is 12.1 Å². The summed E-state index contributed by atoms with van der Waals surface area (Å²) in [5, 5.41) is 0. The van der Waals surface area contributed by atoms with Gasteiger partial charge in [-0.15, -0.1) is 0 Å². The van der Waals surface area contributed by atoms with Crippen LogP contribution in [0, 0.1) is 0 Å². The lowest BCUT2D eigenvalue weighted by Crippen LogP contribution is -2.15. The Kier molecular flexibility index (Phi) is 3.41. The number of hydrogen-bond acceptors (Lipinski definition) is 3. The van der Waals surface area contributed by atoms with Crippen LogP contribution in [0.15, 0.2) is 18.2 Å². The molecule has 0 bridgehead atoms. The van der Waals surface area contributed by atoms with Crippen LogP contribution in [0.5, 0.6) is 0 Å². The van der Waals surface area contributed by atoms with E-state index in [4.69, 9.17) is 5.73 Å². The summed E-state index contributed by atoms with van der Waals surface area (Å²) in [6.45, 7) is 1.53. The minimum absolute atomic E-state index is 0.0144. The minimum atomic E-state index is -4.63. The Hall–Kier alpha value is -1.72. The number of benzene rings is 1. The minimum Gasteiger partial charge on any atom is -0.462 e. The normalized spacial score (nSPS) is 11.2. The summed E-state index contributed by atoms with van der Waals surface area (Å²) in [5.41, 5.74) is 3.59. The Balaban J connectivity index is 3.23. The number of nitrogen functional groups attached to an aromatic ring is 1. The van der Waals surface area contributed by atoms with Gasteiger partial charge in [0.15, 0.2) is 0 Å². The molecule has 0 saturated heterocycles. The average molecular weight is 233 g/mol. The first-order valence-electron chi connectivity index (χ1n) is 4.50. The number of alkyl halides is 3. The zero-order valence-electron chi connectivity index (χ0n) is 8.47. The molecule has 0 amide bonds. The lowest BCUT2D eigenvalue weighted by Gasteiger charge is -2.12. The van der Waals surface area contributed by atoms with Crippen molar-refractivity contribution < 1.29 is 22.7 Å². The van der Waals surface area contributed by atoms with E-state index in [0.717, 1.165) is 6.07 Å². The van der Waals surface area contributed by atoms with Gasteiger partial charge in [-0.25, -0.2) is 4.79 Å². The molecule has 0 heterocycles. The predicted molar refractivity (Wildman–Crippen MR) is 51.8 cm³/mol. The molecule has 0 radical (unpaired) electrons. The van der Waals surface area contributed by atoms with Gasteiger partial charge in [0.25, 0.3) is 0 Å². The van der Waals surface area contributed by atoms with Crippen LogP contribution in [-0.2, 0) is 10.9 Å².